The summed E-state index contributed by atoms with van der Waals surface area (Å²) in [7, 11) is -7.59. The van der Waals surface area contributed by atoms with Gasteiger partial charge in [-0.15, -0.1) is 0 Å². The van der Waals surface area contributed by atoms with E-state index in [1.165, 1.54) is 0 Å². The molecule has 0 N–H and O–H groups in total. The average Bonchev–Trinajstić information content (AvgIpc) is 3.30. The molecule has 0 aromatic heterocycles. The second kappa shape index (κ2) is 15.4. The minimum absolute atomic E-state index is 0.0997. The van der Waals surface area contributed by atoms with Crippen LogP contribution in [0.2, 0.25) is 0 Å². The van der Waals surface area contributed by atoms with Gasteiger partial charge in [-0.3, -0.25) is 0 Å². The third kappa shape index (κ3) is 6.58. The van der Waals surface area contributed by atoms with E-state index in [-0.39, 0.29) is 4.90 Å². The molecule has 3 nitrogen and oxygen atoms in total. The van der Waals surface area contributed by atoms with Crippen molar-refractivity contribution >= 4 is 52.7 Å². The number of fused-ring (bicyclic) bond motifs is 3. The molecule has 10 aromatic carbocycles. The summed E-state index contributed by atoms with van der Waals surface area (Å²) in [5.74, 6) is 0. The van der Waals surface area contributed by atoms with Crippen LogP contribution >= 0.6 is 10.3 Å². The van der Waals surface area contributed by atoms with Crippen molar-refractivity contribution in [2.24, 2.45) is 0 Å². The van der Waals surface area contributed by atoms with Gasteiger partial charge in [0.2, 0.25) is 0 Å². The van der Waals surface area contributed by atoms with Crippen molar-refractivity contribution in [3.8, 4) is 33.4 Å². The topological polar surface area (TPSA) is 43.4 Å². The Labute approximate surface area is 352 Å². The molecule has 290 valence electrons. The second-order valence-corrected chi connectivity index (χ2v) is 19.4. The number of hydrogen-bond donors (Lipinski definition) is 0. The fourth-order valence-corrected chi connectivity index (χ4v) is 14.0. The molecule has 0 aliphatic rings. The first-order chi connectivity index (χ1) is 29.4. The lowest BCUT2D eigenvalue weighted by Gasteiger charge is -2.42. The third-order valence-corrected chi connectivity index (χ3v) is 16.6. The predicted octanol–water partition coefficient (Wildman–Crippen LogP) is 15.1. The van der Waals surface area contributed by atoms with Crippen LogP contribution in [0.4, 0.5) is 0 Å². The van der Waals surface area contributed by atoms with Gasteiger partial charge in [-0.1, -0.05) is 181 Å². The van der Waals surface area contributed by atoms with Crippen molar-refractivity contribution in [2.75, 3.05) is 0 Å². The molecule has 0 amide bonds. The van der Waals surface area contributed by atoms with Crippen LogP contribution in [0.15, 0.2) is 244 Å². The van der Waals surface area contributed by atoms with Gasteiger partial charge in [0, 0.05) is 14.7 Å². The quantitative estimate of drug-likeness (QED) is 0.146. The first kappa shape index (κ1) is 37.5. The van der Waals surface area contributed by atoms with Gasteiger partial charge in [-0.25, -0.2) is 3.63 Å². The summed E-state index contributed by atoms with van der Waals surface area (Å²) in [5, 5.41) is 6.53. The van der Waals surface area contributed by atoms with E-state index in [9.17, 15) is 0 Å². The Hall–Kier alpha value is -6.76. The molecule has 10 rings (SSSR count). The van der Waals surface area contributed by atoms with Crippen LogP contribution < -0.4 is 0 Å². The SMILES string of the molecule is Cc1ccc(S(=O)(=O)OS(c2ccccc2)(c2ccccc2)c2c(-c3cccc4ccccc34)cc(-c3cccc4ccccc34)cc2-c2cccc3ccccc23)cc1. The standard InChI is InChI=1S/C55H40O3S2/c1-39-33-35-46(36-34-39)60(56,57)58-59(44-23-4-2-5-24-44,45-25-6-3-7-26-45)55-53(51-31-15-21-41-18-9-12-28-48(41)51)37-43(50-30-14-20-40-17-8-11-27-47(40)50)38-54(55)52-32-16-22-42-19-10-13-29-49(42)52/h2-38H,1H3. The Balaban J connectivity index is 1.45. The first-order valence-electron chi connectivity index (χ1n) is 20.0. The van der Waals surface area contributed by atoms with Crippen molar-refractivity contribution in [1.82, 2.24) is 0 Å². The van der Waals surface area contributed by atoms with Crippen molar-refractivity contribution < 1.29 is 12.0 Å². The van der Waals surface area contributed by atoms with Gasteiger partial charge >= 0.3 is 10.1 Å². The normalized spacial score (nSPS) is 12.2. The summed E-state index contributed by atoms with van der Waals surface area (Å²) < 4.78 is 37.7. The summed E-state index contributed by atoms with van der Waals surface area (Å²) in [5.41, 5.74) is 6.79. The molecular formula is C55H40O3S2. The Morgan fingerprint density at radius 1 is 0.350 bits per heavy atom. The maximum absolute atomic E-state index is 15.2. The fourth-order valence-electron chi connectivity index (χ4n) is 8.48. The maximum atomic E-state index is 15.2. The monoisotopic (exact) mass is 812 g/mol. The zero-order chi connectivity index (χ0) is 40.7. The Morgan fingerprint density at radius 2 is 0.733 bits per heavy atom. The lowest BCUT2D eigenvalue weighted by Crippen LogP contribution is -2.16. The highest BCUT2D eigenvalue weighted by molar-refractivity contribution is 8.33. The van der Waals surface area contributed by atoms with Crippen molar-refractivity contribution in [3.05, 3.63) is 230 Å². The summed E-state index contributed by atoms with van der Waals surface area (Å²) in [4.78, 5) is 2.41. The lowest BCUT2D eigenvalue weighted by atomic mass is 9.88. The van der Waals surface area contributed by atoms with Crippen LogP contribution in [0.3, 0.4) is 0 Å². The summed E-state index contributed by atoms with van der Waals surface area (Å²) in [6.45, 7) is 1.95. The van der Waals surface area contributed by atoms with Gasteiger partial charge < -0.3 is 0 Å². The smallest absolute Gasteiger partial charge is 0.203 e. The Kier molecular flexibility index (Phi) is 9.65. The van der Waals surface area contributed by atoms with E-state index in [0.717, 1.165) is 85.9 Å². The van der Waals surface area contributed by atoms with E-state index in [4.69, 9.17) is 3.63 Å². The van der Waals surface area contributed by atoms with Crippen molar-refractivity contribution in [2.45, 2.75) is 26.5 Å². The molecule has 0 saturated carbocycles. The summed E-state index contributed by atoms with van der Waals surface area (Å²) in [6, 6.07) is 75.9. The molecule has 0 aliphatic heterocycles. The third-order valence-electron chi connectivity index (χ3n) is 11.3. The summed E-state index contributed by atoms with van der Waals surface area (Å²) >= 11 is 0. The van der Waals surface area contributed by atoms with Crippen molar-refractivity contribution in [3.63, 3.8) is 0 Å². The van der Waals surface area contributed by atoms with Crippen LogP contribution in [-0.2, 0) is 13.7 Å². The van der Waals surface area contributed by atoms with E-state index >= 15 is 8.42 Å². The zero-order valence-electron chi connectivity index (χ0n) is 32.9. The van der Waals surface area contributed by atoms with Crippen LogP contribution in [0, 0.1) is 6.92 Å². The van der Waals surface area contributed by atoms with E-state index in [0.29, 0.717) is 0 Å². The molecule has 0 spiro atoms. The predicted molar refractivity (Wildman–Crippen MR) is 250 cm³/mol. The summed E-state index contributed by atoms with van der Waals surface area (Å²) in [6.07, 6.45) is 0. The molecule has 0 saturated heterocycles. The van der Waals surface area contributed by atoms with Gasteiger partial charge in [0.25, 0.3) is 0 Å². The highest BCUT2D eigenvalue weighted by Gasteiger charge is 2.42. The van der Waals surface area contributed by atoms with Crippen LogP contribution in [-0.4, -0.2) is 8.42 Å². The van der Waals surface area contributed by atoms with E-state index < -0.39 is 20.4 Å². The minimum atomic E-state index is -4.42. The van der Waals surface area contributed by atoms with Gasteiger partial charge in [0.05, 0.1) is 4.90 Å². The van der Waals surface area contributed by atoms with Crippen LogP contribution in [0.5, 0.6) is 0 Å². The molecule has 0 fully saturated rings. The number of benzene rings is 10. The lowest BCUT2D eigenvalue weighted by molar-refractivity contribution is 0.508. The molecule has 0 aliphatic carbocycles. The maximum Gasteiger partial charge on any atom is 0.307 e. The molecule has 0 unspecified atom stereocenters. The molecule has 60 heavy (non-hydrogen) atoms. The Bertz CT molecular complexity index is 3150. The second-order valence-electron chi connectivity index (χ2n) is 15.0. The molecule has 0 bridgehead atoms. The molecule has 5 heteroatoms. The van der Waals surface area contributed by atoms with E-state index in [1.807, 2.05) is 79.7 Å². The van der Waals surface area contributed by atoms with Gasteiger partial charge in [-0.05, 0) is 131 Å². The van der Waals surface area contributed by atoms with Crippen LogP contribution in [0.25, 0.3) is 65.7 Å². The first-order valence-corrected chi connectivity index (χ1v) is 23.0. The fraction of sp³-hybridized carbons (Fsp3) is 0.0182. The highest BCUT2D eigenvalue weighted by atomic mass is 32.3. The zero-order valence-corrected chi connectivity index (χ0v) is 34.5. The van der Waals surface area contributed by atoms with Crippen molar-refractivity contribution in [1.29, 1.82) is 0 Å². The van der Waals surface area contributed by atoms with Gasteiger partial charge in [0.1, 0.15) is 0 Å². The number of aryl methyl sites for hydroxylation is 1. The number of rotatable bonds is 9. The van der Waals surface area contributed by atoms with Gasteiger partial charge in [-0.2, -0.15) is 8.42 Å². The largest absolute Gasteiger partial charge is 0.307 e. The highest BCUT2D eigenvalue weighted by Crippen LogP contribution is 2.74. The molecule has 10 aromatic rings. The average molecular weight is 813 g/mol. The van der Waals surface area contributed by atoms with Gasteiger partial charge in [0.15, 0.2) is 0 Å². The van der Waals surface area contributed by atoms with E-state index in [1.54, 1.807) is 12.1 Å². The van der Waals surface area contributed by atoms with Crippen LogP contribution in [0.1, 0.15) is 5.56 Å². The molecule has 0 radical (unpaired) electrons. The molecule has 0 heterocycles. The molecule has 0 atom stereocenters. The minimum Gasteiger partial charge on any atom is -0.203 e. The number of hydrogen-bond acceptors (Lipinski definition) is 3. The Morgan fingerprint density at radius 3 is 1.20 bits per heavy atom. The van der Waals surface area contributed by atoms with E-state index in [2.05, 4.69) is 140 Å². The molecular weight excluding hydrogens is 773 g/mol.